The van der Waals surface area contributed by atoms with Gasteiger partial charge in [0.25, 0.3) is 0 Å². The van der Waals surface area contributed by atoms with Crippen molar-refractivity contribution >= 4 is 11.3 Å². The average Bonchev–Trinajstić information content (AvgIpc) is 2.91. The molecular formula is C11H11N3OS. The van der Waals surface area contributed by atoms with E-state index in [-0.39, 0.29) is 0 Å². The summed E-state index contributed by atoms with van der Waals surface area (Å²) < 4.78 is 5.07. The minimum absolute atomic E-state index is 0.503. The molecule has 2 aromatic rings. The molecule has 2 heterocycles. The SMILES string of the molecule is C#CCNCc1nc(Cc2cccs2)no1. The van der Waals surface area contributed by atoms with Crippen molar-refractivity contribution in [1.82, 2.24) is 15.5 Å². The lowest BCUT2D eigenvalue weighted by molar-refractivity contribution is 0.366. The molecule has 0 saturated carbocycles. The van der Waals surface area contributed by atoms with Crippen LogP contribution in [-0.2, 0) is 13.0 Å². The zero-order valence-electron chi connectivity index (χ0n) is 8.64. The summed E-state index contributed by atoms with van der Waals surface area (Å²) >= 11 is 1.68. The Morgan fingerprint density at radius 2 is 2.50 bits per heavy atom. The summed E-state index contributed by atoms with van der Waals surface area (Å²) in [6, 6.07) is 4.06. The topological polar surface area (TPSA) is 51.0 Å². The van der Waals surface area contributed by atoms with Crippen molar-refractivity contribution in [3.63, 3.8) is 0 Å². The van der Waals surface area contributed by atoms with Crippen LogP contribution in [0.25, 0.3) is 0 Å². The van der Waals surface area contributed by atoms with Crippen LogP contribution in [0.1, 0.15) is 16.6 Å². The lowest BCUT2D eigenvalue weighted by atomic mass is 10.3. The van der Waals surface area contributed by atoms with Gasteiger partial charge in [-0.1, -0.05) is 17.1 Å². The minimum atomic E-state index is 0.503. The summed E-state index contributed by atoms with van der Waals surface area (Å²) in [5.41, 5.74) is 0. The quantitative estimate of drug-likeness (QED) is 0.627. The molecule has 0 atom stereocenters. The number of rotatable bonds is 5. The monoisotopic (exact) mass is 233 g/mol. The fraction of sp³-hybridized carbons (Fsp3) is 0.273. The van der Waals surface area contributed by atoms with Crippen LogP contribution in [0.4, 0.5) is 0 Å². The predicted octanol–water partition coefficient (Wildman–Crippen LogP) is 1.44. The largest absolute Gasteiger partial charge is 0.338 e. The van der Waals surface area contributed by atoms with Gasteiger partial charge >= 0.3 is 0 Å². The normalized spacial score (nSPS) is 10.2. The van der Waals surface area contributed by atoms with Crippen molar-refractivity contribution < 1.29 is 4.52 Å². The van der Waals surface area contributed by atoms with Crippen LogP contribution < -0.4 is 5.32 Å². The summed E-state index contributed by atoms with van der Waals surface area (Å²) in [4.78, 5) is 5.48. The zero-order chi connectivity index (χ0) is 11.2. The Morgan fingerprint density at radius 3 is 3.25 bits per heavy atom. The maximum atomic E-state index is 5.11. The van der Waals surface area contributed by atoms with E-state index in [0.29, 0.717) is 24.8 Å². The number of nitrogens with one attached hydrogen (secondary N) is 1. The predicted molar refractivity (Wildman–Crippen MR) is 62.0 cm³/mol. The van der Waals surface area contributed by atoms with Crippen LogP contribution in [0.15, 0.2) is 22.0 Å². The van der Waals surface area contributed by atoms with Gasteiger partial charge in [-0.05, 0) is 11.4 Å². The number of nitrogens with zero attached hydrogens (tertiary/aromatic N) is 2. The lowest BCUT2D eigenvalue weighted by Gasteiger charge is -1.92. The Bertz CT molecular complexity index is 470. The van der Waals surface area contributed by atoms with E-state index in [1.807, 2.05) is 11.4 Å². The summed E-state index contributed by atoms with van der Waals surface area (Å²) in [6.07, 6.45) is 5.83. The van der Waals surface area contributed by atoms with Gasteiger partial charge in [0.15, 0.2) is 5.82 Å². The van der Waals surface area contributed by atoms with Crippen molar-refractivity contribution in [2.75, 3.05) is 6.54 Å². The van der Waals surface area contributed by atoms with Gasteiger partial charge in [0.1, 0.15) is 0 Å². The number of terminal acetylenes is 1. The highest BCUT2D eigenvalue weighted by molar-refractivity contribution is 7.09. The maximum absolute atomic E-state index is 5.11. The lowest BCUT2D eigenvalue weighted by Crippen LogP contribution is -2.13. The van der Waals surface area contributed by atoms with E-state index >= 15 is 0 Å². The van der Waals surface area contributed by atoms with Gasteiger partial charge in [0.05, 0.1) is 13.1 Å². The number of aromatic nitrogens is 2. The molecule has 0 spiro atoms. The highest BCUT2D eigenvalue weighted by Crippen LogP contribution is 2.12. The van der Waals surface area contributed by atoms with Gasteiger partial charge in [0, 0.05) is 11.3 Å². The van der Waals surface area contributed by atoms with Crippen molar-refractivity contribution in [3.8, 4) is 12.3 Å². The second-order valence-electron chi connectivity index (χ2n) is 3.17. The summed E-state index contributed by atoms with van der Waals surface area (Å²) in [5.74, 6) is 3.76. The average molecular weight is 233 g/mol. The molecule has 5 heteroatoms. The van der Waals surface area contributed by atoms with Crippen LogP contribution in [0.2, 0.25) is 0 Å². The molecule has 2 aromatic heterocycles. The number of hydrogen-bond acceptors (Lipinski definition) is 5. The summed E-state index contributed by atoms with van der Waals surface area (Å²) in [5, 5.41) is 8.93. The minimum Gasteiger partial charge on any atom is -0.338 e. The van der Waals surface area contributed by atoms with Gasteiger partial charge in [-0.25, -0.2) is 0 Å². The van der Waals surface area contributed by atoms with Crippen LogP contribution in [-0.4, -0.2) is 16.7 Å². The third kappa shape index (κ3) is 2.92. The Morgan fingerprint density at radius 1 is 1.56 bits per heavy atom. The van der Waals surface area contributed by atoms with Crippen LogP contribution >= 0.6 is 11.3 Å². The van der Waals surface area contributed by atoms with Crippen molar-refractivity contribution in [3.05, 3.63) is 34.1 Å². The first-order chi connectivity index (χ1) is 7.88. The van der Waals surface area contributed by atoms with Crippen LogP contribution in [0.3, 0.4) is 0 Å². The molecular weight excluding hydrogens is 222 g/mol. The van der Waals surface area contributed by atoms with Gasteiger partial charge in [-0.3, -0.25) is 5.32 Å². The third-order valence-corrected chi connectivity index (χ3v) is 2.80. The Labute approximate surface area is 97.7 Å². The second kappa shape index (κ2) is 5.45. The molecule has 0 aliphatic carbocycles. The van der Waals surface area contributed by atoms with E-state index in [1.54, 1.807) is 11.3 Å². The molecule has 4 nitrogen and oxygen atoms in total. The molecule has 1 N–H and O–H groups in total. The number of hydrogen-bond donors (Lipinski definition) is 1. The molecule has 0 fully saturated rings. The molecule has 2 rings (SSSR count). The molecule has 0 unspecified atom stereocenters. The molecule has 0 aliphatic heterocycles. The van der Waals surface area contributed by atoms with Crippen molar-refractivity contribution in [2.24, 2.45) is 0 Å². The Balaban J connectivity index is 1.90. The fourth-order valence-corrected chi connectivity index (χ4v) is 1.95. The first kappa shape index (κ1) is 10.9. The highest BCUT2D eigenvalue weighted by Gasteiger charge is 2.06. The van der Waals surface area contributed by atoms with Crippen molar-refractivity contribution in [2.45, 2.75) is 13.0 Å². The molecule has 0 radical (unpaired) electrons. The molecule has 82 valence electrons. The van der Waals surface area contributed by atoms with Gasteiger partial charge in [0.2, 0.25) is 5.89 Å². The van der Waals surface area contributed by atoms with Gasteiger partial charge < -0.3 is 4.52 Å². The summed E-state index contributed by atoms with van der Waals surface area (Å²) in [7, 11) is 0. The first-order valence-corrected chi connectivity index (χ1v) is 5.74. The molecule has 16 heavy (non-hydrogen) atoms. The molecule has 0 aromatic carbocycles. The second-order valence-corrected chi connectivity index (χ2v) is 4.20. The smallest absolute Gasteiger partial charge is 0.240 e. The molecule has 0 amide bonds. The van der Waals surface area contributed by atoms with E-state index in [2.05, 4.69) is 27.4 Å². The number of thiophene rings is 1. The van der Waals surface area contributed by atoms with E-state index < -0.39 is 0 Å². The van der Waals surface area contributed by atoms with E-state index in [1.165, 1.54) is 4.88 Å². The van der Waals surface area contributed by atoms with Crippen LogP contribution in [0.5, 0.6) is 0 Å². The fourth-order valence-electron chi connectivity index (χ4n) is 1.24. The molecule has 0 bridgehead atoms. The molecule has 0 aliphatic rings. The Hall–Kier alpha value is -1.64. The first-order valence-electron chi connectivity index (χ1n) is 4.86. The zero-order valence-corrected chi connectivity index (χ0v) is 9.46. The standard InChI is InChI=1S/C11H11N3OS/c1-2-5-12-8-11-13-10(14-15-11)7-9-4-3-6-16-9/h1,3-4,6,12H,5,7-8H2. The van der Waals surface area contributed by atoms with Crippen LogP contribution in [0, 0.1) is 12.3 Å². The molecule has 0 saturated heterocycles. The van der Waals surface area contributed by atoms with E-state index in [0.717, 1.165) is 6.42 Å². The van der Waals surface area contributed by atoms with Crippen molar-refractivity contribution in [1.29, 1.82) is 0 Å². The highest BCUT2D eigenvalue weighted by atomic mass is 32.1. The van der Waals surface area contributed by atoms with E-state index in [9.17, 15) is 0 Å². The van der Waals surface area contributed by atoms with Gasteiger partial charge in [-0.2, -0.15) is 4.98 Å². The summed E-state index contributed by atoms with van der Waals surface area (Å²) in [6.45, 7) is 1.02. The maximum Gasteiger partial charge on any atom is 0.240 e. The van der Waals surface area contributed by atoms with E-state index in [4.69, 9.17) is 10.9 Å². The Kier molecular flexibility index (Phi) is 3.70. The van der Waals surface area contributed by atoms with Gasteiger partial charge in [-0.15, -0.1) is 17.8 Å². The third-order valence-electron chi connectivity index (χ3n) is 1.93.